The molecular formula is C10H18NO. The quantitative estimate of drug-likeness (QED) is 0.325. The number of hydrogen-bond donors (Lipinski definition) is 0. The first-order chi connectivity index (χ1) is 5.93. The van der Waals surface area contributed by atoms with Crippen molar-refractivity contribution in [1.82, 2.24) is 0 Å². The predicted octanol–water partition coefficient (Wildman–Crippen LogP) is 2.79. The van der Waals surface area contributed by atoms with Gasteiger partial charge in [-0.1, -0.05) is 24.4 Å². The highest BCUT2D eigenvalue weighted by Gasteiger charge is 2.20. The summed E-state index contributed by atoms with van der Waals surface area (Å²) in [5, 5.41) is 3.69. The van der Waals surface area contributed by atoms with Crippen molar-refractivity contribution in [2.75, 3.05) is 7.11 Å². The lowest BCUT2D eigenvalue weighted by atomic mass is 10.1. The van der Waals surface area contributed by atoms with Crippen LogP contribution in [-0.4, -0.2) is 13.3 Å². The second-order valence-electron chi connectivity index (χ2n) is 3.34. The molecule has 0 N–H and O–H groups in total. The Kier molecular flexibility index (Phi) is 4.81. The molecule has 0 aromatic carbocycles. The lowest BCUT2D eigenvalue weighted by molar-refractivity contribution is 0.214. The molecule has 1 saturated carbocycles. The molecule has 1 aliphatic carbocycles. The highest BCUT2D eigenvalue weighted by atomic mass is 16.6. The van der Waals surface area contributed by atoms with Crippen molar-refractivity contribution >= 4 is 6.21 Å². The van der Waals surface area contributed by atoms with Crippen molar-refractivity contribution < 1.29 is 4.84 Å². The van der Waals surface area contributed by atoms with Gasteiger partial charge in [-0.25, -0.2) is 0 Å². The van der Waals surface area contributed by atoms with E-state index in [2.05, 4.69) is 16.4 Å². The fourth-order valence-corrected chi connectivity index (χ4v) is 1.28. The normalized spacial score (nSPS) is 17.1. The molecule has 1 fully saturated rings. The van der Waals surface area contributed by atoms with E-state index in [9.17, 15) is 0 Å². The Labute approximate surface area is 75.0 Å². The molecule has 1 atom stereocenters. The average Bonchev–Trinajstić information content (AvgIpc) is 2.87. The highest BCUT2D eigenvalue weighted by molar-refractivity contribution is 5.55. The van der Waals surface area contributed by atoms with E-state index in [4.69, 9.17) is 0 Å². The van der Waals surface area contributed by atoms with E-state index in [0.717, 1.165) is 12.3 Å². The van der Waals surface area contributed by atoms with Crippen molar-refractivity contribution in [3.05, 3.63) is 6.42 Å². The molecule has 0 spiro atoms. The molecule has 0 aromatic rings. The van der Waals surface area contributed by atoms with Crippen LogP contribution in [0.4, 0.5) is 0 Å². The van der Waals surface area contributed by atoms with Crippen LogP contribution in [0.25, 0.3) is 0 Å². The Morgan fingerprint density at radius 2 is 2.33 bits per heavy atom. The Hall–Kier alpha value is -0.530. The van der Waals surface area contributed by atoms with E-state index in [1.165, 1.54) is 32.1 Å². The Morgan fingerprint density at radius 3 is 3.00 bits per heavy atom. The molecular weight excluding hydrogens is 150 g/mol. The van der Waals surface area contributed by atoms with E-state index in [1.54, 1.807) is 7.11 Å². The first-order valence-corrected chi connectivity index (χ1v) is 4.82. The summed E-state index contributed by atoms with van der Waals surface area (Å²) in [6, 6.07) is 0. The van der Waals surface area contributed by atoms with Crippen LogP contribution in [0.2, 0.25) is 0 Å². The number of rotatable bonds is 7. The molecule has 69 valence electrons. The molecule has 2 nitrogen and oxygen atoms in total. The van der Waals surface area contributed by atoms with Gasteiger partial charge >= 0.3 is 0 Å². The van der Waals surface area contributed by atoms with Gasteiger partial charge in [-0.15, -0.1) is 0 Å². The van der Waals surface area contributed by atoms with E-state index < -0.39 is 0 Å². The summed E-state index contributed by atoms with van der Waals surface area (Å²) >= 11 is 0. The van der Waals surface area contributed by atoms with Crippen LogP contribution in [0.1, 0.15) is 38.5 Å². The molecule has 0 bridgehead atoms. The van der Waals surface area contributed by atoms with Crippen LogP contribution in [0.3, 0.4) is 0 Å². The highest BCUT2D eigenvalue weighted by Crippen LogP contribution is 2.32. The van der Waals surface area contributed by atoms with Crippen molar-refractivity contribution in [3.63, 3.8) is 0 Å². The monoisotopic (exact) mass is 168 g/mol. The van der Waals surface area contributed by atoms with E-state index in [0.29, 0.717) is 0 Å². The van der Waals surface area contributed by atoms with E-state index in [1.807, 2.05) is 6.21 Å². The molecule has 1 radical (unpaired) electrons. The van der Waals surface area contributed by atoms with Gasteiger partial charge in [0.1, 0.15) is 7.11 Å². The standard InChI is InChI=1S/C10H18NO/c1-12-11-9-5-3-2-4-6-10-7-8-10/h7,9-10H,2-6,8H2,1H3. The smallest absolute Gasteiger partial charge is 0.106 e. The SMILES string of the molecule is CON=CCCCCCC1[CH]C1. The first kappa shape index (κ1) is 9.56. The zero-order valence-corrected chi connectivity index (χ0v) is 7.83. The van der Waals surface area contributed by atoms with Crippen LogP contribution in [0.15, 0.2) is 5.16 Å². The maximum absolute atomic E-state index is 4.56. The summed E-state index contributed by atoms with van der Waals surface area (Å²) in [5.41, 5.74) is 0. The average molecular weight is 168 g/mol. The topological polar surface area (TPSA) is 21.6 Å². The van der Waals surface area contributed by atoms with Gasteiger partial charge in [-0.2, -0.15) is 0 Å². The number of nitrogens with zero attached hydrogens (tertiary/aromatic N) is 1. The van der Waals surface area contributed by atoms with Crippen LogP contribution in [-0.2, 0) is 4.84 Å². The minimum atomic E-state index is 0.970. The predicted molar refractivity (Wildman–Crippen MR) is 51.0 cm³/mol. The largest absolute Gasteiger partial charge is 0.399 e. The van der Waals surface area contributed by atoms with Crippen molar-refractivity contribution in [1.29, 1.82) is 0 Å². The van der Waals surface area contributed by atoms with Crippen molar-refractivity contribution in [2.45, 2.75) is 38.5 Å². The minimum Gasteiger partial charge on any atom is -0.399 e. The summed E-state index contributed by atoms with van der Waals surface area (Å²) in [4.78, 5) is 4.56. The number of hydrogen-bond acceptors (Lipinski definition) is 2. The first-order valence-electron chi connectivity index (χ1n) is 4.82. The zero-order valence-electron chi connectivity index (χ0n) is 7.83. The Balaban J connectivity index is 1.72. The fourth-order valence-electron chi connectivity index (χ4n) is 1.28. The van der Waals surface area contributed by atoms with Crippen LogP contribution >= 0.6 is 0 Å². The summed E-state index contributed by atoms with van der Waals surface area (Å²) in [5.74, 6) is 0.970. The zero-order chi connectivity index (χ0) is 8.65. The third-order valence-electron chi connectivity index (χ3n) is 2.16. The summed E-state index contributed by atoms with van der Waals surface area (Å²) in [7, 11) is 1.58. The summed E-state index contributed by atoms with van der Waals surface area (Å²) in [6.45, 7) is 0. The van der Waals surface area contributed by atoms with Gasteiger partial charge in [0.15, 0.2) is 0 Å². The molecule has 0 amide bonds. The Morgan fingerprint density at radius 1 is 1.50 bits per heavy atom. The van der Waals surface area contributed by atoms with Crippen LogP contribution < -0.4 is 0 Å². The molecule has 12 heavy (non-hydrogen) atoms. The molecule has 1 aliphatic rings. The summed E-state index contributed by atoms with van der Waals surface area (Å²) in [6.07, 6.45) is 12.0. The maximum atomic E-state index is 4.56. The van der Waals surface area contributed by atoms with Gasteiger partial charge in [0, 0.05) is 6.21 Å². The van der Waals surface area contributed by atoms with E-state index in [-0.39, 0.29) is 0 Å². The number of unbranched alkanes of at least 4 members (excludes halogenated alkanes) is 3. The second kappa shape index (κ2) is 6.04. The lowest BCUT2D eigenvalue weighted by Crippen LogP contribution is -1.82. The van der Waals surface area contributed by atoms with Crippen molar-refractivity contribution in [3.8, 4) is 0 Å². The van der Waals surface area contributed by atoms with Crippen molar-refractivity contribution in [2.24, 2.45) is 11.1 Å². The molecule has 0 saturated heterocycles. The maximum Gasteiger partial charge on any atom is 0.106 e. The third kappa shape index (κ3) is 5.16. The van der Waals surface area contributed by atoms with Gasteiger partial charge in [-0.3, -0.25) is 0 Å². The Bertz CT molecular complexity index is 130. The van der Waals surface area contributed by atoms with Crippen LogP contribution in [0, 0.1) is 12.3 Å². The van der Waals surface area contributed by atoms with Gasteiger partial charge in [0.2, 0.25) is 0 Å². The fraction of sp³-hybridized carbons (Fsp3) is 0.800. The van der Waals surface area contributed by atoms with Gasteiger partial charge in [0.05, 0.1) is 0 Å². The molecule has 2 heteroatoms. The molecule has 1 unspecified atom stereocenters. The molecule has 0 aliphatic heterocycles. The van der Waals surface area contributed by atoms with E-state index >= 15 is 0 Å². The second-order valence-corrected chi connectivity index (χ2v) is 3.34. The molecule has 1 rings (SSSR count). The third-order valence-corrected chi connectivity index (χ3v) is 2.16. The van der Waals surface area contributed by atoms with Gasteiger partial charge in [0.25, 0.3) is 0 Å². The van der Waals surface area contributed by atoms with Gasteiger partial charge in [-0.05, 0) is 31.6 Å². The number of oxime groups is 1. The molecule has 0 heterocycles. The molecule has 0 aromatic heterocycles. The minimum absolute atomic E-state index is 0.970. The summed E-state index contributed by atoms with van der Waals surface area (Å²) < 4.78 is 0. The van der Waals surface area contributed by atoms with Gasteiger partial charge < -0.3 is 4.84 Å². The lowest BCUT2D eigenvalue weighted by Gasteiger charge is -1.96. The van der Waals surface area contributed by atoms with Crippen LogP contribution in [0.5, 0.6) is 0 Å².